The molecule has 0 radical (unpaired) electrons. The summed E-state index contributed by atoms with van der Waals surface area (Å²) in [6, 6.07) is 14.2. The molecule has 3 aromatic rings. The van der Waals surface area contributed by atoms with Crippen molar-refractivity contribution in [3.05, 3.63) is 69.5 Å². The second-order valence-electron chi connectivity index (χ2n) is 5.64. The van der Waals surface area contributed by atoms with Gasteiger partial charge in [0, 0.05) is 28.8 Å². The van der Waals surface area contributed by atoms with Crippen LogP contribution in [0.15, 0.2) is 53.3 Å². The molecular weight excluding hydrogens is 340 g/mol. The van der Waals surface area contributed by atoms with Crippen molar-refractivity contribution < 1.29 is 9.53 Å². The van der Waals surface area contributed by atoms with Crippen molar-refractivity contribution in [2.75, 3.05) is 12.4 Å². The number of anilines is 1. The second-order valence-corrected chi connectivity index (χ2v) is 6.07. The van der Waals surface area contributed by atoms with E-state index >= 15 is 0 Å². The van der Waals surface area contributed by atoms with Crippen LogP contribution in [-0.2, 0) is 11.2 Å². The summed E-state index contributed by atoms with van der Waals surface area (Å²) in [5.74, 6) is 0.508. The molecular formula is C19H17ClN2O3. The second kappa shape index (κ2) is 7.40. The van der Waals surface area contributed by atoms with Crippen molar-refractivity contribution in [2.24, 2.45) is 0 Å². The van der Waals surface area contributed by atoms with Gasteiger partial charge in [0.1, 0.15) is 5.75 Å². The number of ether oxygens (including phenoxy) is 1. The molecule has 2 N–H and O–H groups in total. The normalized spacial score (nSPS) is 10.6. The summed E-state index contributed by atoms with van der Waals surface area (Å²) >= 11 is 5.89. The molecule has 0 spiro atoms. The van der Waals surface area contributed by atoms with Crippen molar-refractivity contribution in [1.82, 2.24) is 4.98 Å². The largest absolute Gasteiger partial charge is 0.497 e. The minimum Gasteiger partial charge on any atom is -0.497 e. The fraction of sp³-hybridized carbons (Fsp3) is 0.158. The lowest BCUT2D eigenvalue weighted by Gasteiger charge is -2.07. The minimum atomic E-state index is -0.198. The van der Waals surface area contributed by atoms with Gasteiger partial charge in [-0.05, 0) is 48.2 Å². The Morgan fingerprint density at radius 3 is 2.80 bits per heavy atom. The van der Waals surface area contributed by atoms with E-state index in [2.05, 4.69) is 10.3 Å². The highest BCUT2D eigenvalue weighted by Crippen LogP contribution is 2.19. The number of aromatic nitrogens is 1. The predicted molar refractivity (Wildman–Crippen MR) is 99.5 cm³/mol. The predicted octanol–water partition coefficient (Wildman–Crippen LogP) is 3.76. The first kappa shape index (κ1) is 17.0. The van der Waals surface area contributed by atoms with E-state index < -0.39 is 0 Å². The number of nitrogens with one attached hydrogen (secondary N) is 2. The maximum Gasteiger partial charge on any atom is 0.251 e. The Balaban J connectivity index is 1.71. The number of carbonyl (C=O) groups is 1. The number of aryl methyl sites for hydroxylation is 1. The number of halogens is 1. The van der Waals surface area contributed by atoms with Gasteiger partial charge >= 0.3 is 0 Å². The summed E-state index contributed by atoms with van der Waals surface area (Å²) < 4.78 is 5.15. The summed E-state index contributed by atoms with van der Waals surface area (Å²) in [4.78, 5) is 27.1. The Morgan fingerprint density at radius 2 is 2.04 bits per heavy atom. The number of hydrogen-bond donors (Lipinski definition) is 2. The lowest BCUT2D eigenvalue weighted by Crippen LogP contribution is -2.17. The molecule has 0 aliphatic rings. The van der Waals surface area contributed by atoms with Gasteiger partial charge in [0.15, 0.2) is 0 Å². The Kier molecular flexibility index (Phi) is 5.05. The molecule has 25 heavy (non-hydrogen) atoms. The number of hydrogen-bond acceptors (Lipinski definition) is 3. The topological polar surface area (TPSA) is 71.2 Å². The number of fused-ring (bicyclic) bond motifs is 1. The lowest BCUT2D eigenvalue weighted by molar-refractivity contribution is -0.116. The molecule has 3 rings (SSSR count). The van der Waals surface area contributed by atoms with Crippen LogP contribution in [-0.4, -0.2) is 18.0 Å². The molecule has 1 aromatic heterocycles. The van der Waals surface area contributed by atoms with E-state index in [4.69, 9.17) is 16.3 Å². The third kappa shape index (κ3) is 4.19. The zero-order valence-electron chi connectivity index (χ0n) is 13.6. The van der Waals surface area contributed by atoms with E-state index in [1.807, 2.05) is 12.1 Å². The van der Waals surface area contributed by atoms with Crippen LogP contribution < -0.4 is 15.6 Å². The van der Waals surface area contributed by atoms with Crippen molar-refractivity contribution in [1.29, 1.82) is 0 Å². The third-order valence-electron chi connectivity index (χ3n) is 3.86. The number of benzene rings is 2. The van der Waals surface area contributed by atoms with E-state index in [9.17, 15) is 9.59 Å². The number of rotatable bonds is 5. The van der Waals surface area contributed by atoms with Crippen LogP contribution in [0.25, 0.3) is 10.9 Å². The highest BCUT2D eigenvalue weighted by molar-refractivity contribution is 6.30. The van der Waals surface area contributed by atoms with Gasteiger partial charge in [-0.3, -0.25) is 9.59 Å². The summed E-state index contributed by atoms with van der Waals surface area (Å²) in [5.41, 5.74) is 1.71. The molecule has 0 aliphatic heterocycles. The third-order valence-corrected chi connectivity index (χ3v) is 4.09. The highest BCUT2D eigenvalue weighted by Gasteiger charge is 2.08. The van der Waals surface area contributed by atoms with Gasteiger partial charge in [-0.15, -0.1) is 0 Å². The summed E-state index contributed by atoms with van der Waals surface area (Å²) in [5, 5.41) is 4.22. The number of amides is 1. The van der Waals surface area contributed by atoms with E-state index in [-0.39, 0.29) is 17.9 Å². The Hall–Kier alpha value is -2.79. The smallest absolute Gasteiger partial charge is 0.251 e. The average molecular weight is 357 g/mol. The molecule has 0 saturated heterocycles. The highest BCUT2D eigenvalue weighted by atomic mass is 35.5. The summed E-state index contributed by atoms with van der Waals surface area (Å²) in [6.45, 7) is 0. The van der Waals surface area contributed by atoms with Crippen molar-refractivity contribution in [2.45, 2.75) is 12.8 Å². The zero-order chi connectivity index (χ0) is 17.8. The Morgan fingerprint density at radius 1 is 1.20 bits per heavy atom. The first-order chi connectivity index (χ1) is 12.0. The molecule has 0 saturated carbocycles. The fourth-order valence-electron chi connectivity index (χ4n) is 2.58. The summed E-state index contributed by atoms with van der Waals surface area (Å²) in [7, 11) is 1.58. The quantitative estimate of drug-likeness (QED) is 0.731. The van der Waals surface area contributed by atoms with Crippen molar-refractivity contribution in [3.8, 4) is 5.75 Å². The zero-order valence-corrected chi connectivity index (χ0v) is 14.4. The van der Waals surface area contributed by atoms with E-state index in [1.54, 1.807) is 43.5 Å². The van der Waals surface area contributed by atoms with Crippen LogP contribution in [0.5, 0.6) is 5.75 Å². The molecule has 0 aliphatic carbocycles. The van der Waals surface area contributed by atoms with Gasteiger partial charge in [-0.1, -0.05) is 17.7 Å². The number of methoxy groups -OCH3 is 1. The van der Waals surface area contributed by atoms with Gasteiger partial charge in [0.2, 0.25) is 5.91 Å². The van der Waals surface area contributed by atoms with Crippen LogP contribution in [0.3, 0.4) is 0 Å². The maximum absolute atomic E-state index is 12.2. The van der Waals surface area contributed by atoms with Crippen LogP contribution >= 0.6 is 11.6 Å². The first-order valence-electron chi connectivity index (χ1n) is 7.80. The number of H-pyrrole nitrogens is 1. The van der Waals surface area contributed by atoms with Gasteiger partial charge in [0.25, 0.3) is 5.56 Å². The first-order valence-corrected chi connectivity index (χ1v) is 8.18. The van der Waals surface area contributed by atoms with Crippen LogP contribution in [0.1, 0.15) is 12.0 Å². The molecule has 0 fully saturated rings. The molecule has 1 heterocycles. The monoisotopic (exact) mass is 356 g/mol. The molecule has 128 valence electrons. The fourth-order valence-corrected chi connectivity index (χ4v) is 2.77. The minimum absolute atomic E-state index is 0.170. The Labute approximate surface area is 149 Å². The SMILES string of the molecule is COc1ccc2cc(CCC(=O)Nc3cccc(Cl)c3)c(=O)[nH]c2c1. The molecule has 0 atom stereocenters. The van der Waals surface area contributed by atoms with E-state index in [1.165, 1.54) is 0 Å². The van der Waals surface area contributed by atoms with Gasteiger partial charge in [0.05, 0.1) is 12.6 Å². The van der Waals surface area contributed by atoms with Gasteiger partial charge in [-0.2, -0.15) is 0 Å². The molecule has 0 bridgehead atoms. The van der Waals surface area contributed by atoms with E-state index in [0.29, 0.717) is 34.0 Å². The van der Waals surface area contributed by atoms with Crippen LogP contribution in [0.2, 0.25) is 5.02 Å². The molecule has 6 heteroatoms. The van der Waals surface area contributed by atoms with Gasteiger partial charge < -0.3 is 15.0 Å². The van der Waals surface area contributed by atoms with Crippen LogP contribution in [0, 0.1) is 0 Å². The number of aromatic amines is 1. The Bertz CT molecular complexity index is 982. The summed E-state index contributed by atoms with van der Waals surface area (Å²) in [6.07, 6.45) is 0.557. The van der Waals surface area contributed by atoms with Crippen LogP contribution in [0.4, 0.5) is 5.69 Å². The molecule has 1 amide bonds. The molecule has 0 unspecified atom stereocenters. The van der Waals surface area contributed by atoms with Crippen molar-refractivity contribution in [3.63, 3.8) is 0 Å². The number of pyridine rings is 1. The van der Waals surface area contributed by atoms with Crippen molar-refractivity contribution >= 4 is 34.1 Å². The standard InChI is InChI=1S/C19H17ClN2O3/c1-25-16-7-5-12-9-13(19(24)22-17(12)11-16)6-8-18(23)21-15-4-2-3-14(20)10-15/h2-5,7,9-11H,6,8H2,1H3,(H,21,23)(H,22,24). The molecule has 5 nitrogen and oxygen atoms in total. The maximum atomic E-state index is 12.2. The van der Waals surface area contributed by atoms with E-state index in [0.717, 1.165) is 5.39 Å². The average Bonchev–Trinajstić information content (AvgIpc) is 2.59. The number of carbonyl (C=O) groups excluding carboxylic acids is 1. The van der Waals surface area contributed by atoms with Gasteiger partial charge in [-0.25, -0.2) is 0 Å². The molecule has 2 aromatic carbocycles. The lowest BCUT2D eigenvalue weighted by atomic mass is 10.1.